The minimum Gasteiger partial charge on any atom is -0.506 e. The molecule has 0 fully saturated rings. The van der Waals surface area contributed by atoms with E-state index in [1.165, 1.54) is 22.9 Å². The first kappa shape index (κ1) is 21.7. The van der Waals surface area contributed by atoms with Gasteiger partial charge in [0, 0.05) is 0 Å². The highest BCUT2D eigenvalue weighted by molar-refractivity contribution is 7.99. The van der Waals surface area contributed by atoms with Gasteiger partial charge in [0.15, 0.2) is 0 Å². The molecule has 2 rings (SSSR count). The van der Waals surface area contributed by atoms with E-state index in [1.807, 2.05) is 13.8 Å². The summed E-state index contributed by atoms with van der Waals surface area (Å²) in [6.45, 7) is 21.1. The molecule has 0 radical (unpaired) electrons. The van der Waals surface area contributed by atoms with Gasteiger partial charge in [-0.15, -0.1) is 0 Å². The topological polar surface area (TPSA) is 40.5 Å². The van der Waals surface area contributed by atoms with Gasteiger partial charge < -0.3 is 10.2 Å². The molecule has 0 amide bonds. The molecule has 0 spiro atoms. The molecule has 0 aliphatic heterocycles. The van der Waals surface area contributed by atoms with Crippen molar-refractivity contribution >= 4 is 11.8 Å². The van der Waals surface area contributed by atoms with Gasteiger partial charge in [-0.2, -0.15) is 0 Å². The SMILES string of the molecule is Cc1cc(C(C)(C)C)c(C)c(Sc2c(C)c(C(C)(C)C)cc(C)c2O)c1O. The first-order chi connectivity index (χ1) is 12.2. The van der Waals surface area contributed by atoms with Gasteiger partial charge in [-0.25, -0.2) is 0 Å². The quantitative estimate of drug-likeness (QED) is 0.579. The Morgan fingerprint density at radius 2 is 0.926 bits per heavy atom. The Morgan fingerprint density at radius 3 is 1.19 bits per heavy atom. The molecule has 0 aliphatic carbocycles. The molecular weight excluding hydrogens is 352 g/mol. The second-order valence-corrected chi connectivity index (χ2v) is 10.7. The van der Waals surface area contributed by atoms with E-state index >= 15 is 0 Å². The number of benzene rings is 2. The third-order valence-corrected chi connectivity index (χ3v) is 6.62. The second-order valence-electron chi connectivity index (χ2n) is 9.69. The standard InChI is InChI=1S/C24H34O2S/c1-13-11-17(23(5,6)7)15(3)21(19(13)25)27-22-16(4)18(24(8,9)10)12-14(2)20(22)26/h11-12,25-26H,1-10H3. The lowest BCUT2D eigenvalue weighted by atomic mass is 9.83. The van der Waals surface area contributed by atoms with Crippen LogP contribution in [0.5, 0.6) is 11.5 Å². The lowest BCUT2D eigenvalue weighted by molar-refractivity contribution is 0.452. The van der Waals surface area contributed by atoms with Gasteiger partial charge >= 0.3 is 0 Å². The molecule has 2 nitrogen and oxygen atoms in total. The maximum absolute atomic E-state index is 10.8. The molecule has 2 aromatic carbocycles. The fourth-order valence-electron chi connectivity index (χ4n) is 3.65. The number of phenols is 2. The van der Waals surface area contributed by atoms with Crippen molar-refractivity contribution in [3.05, 3.63) is 45.5 Å². The zero-order valence-corrected chi connectivity index (χ0v) is 19.3. The number of hydrogen-bond acceptors (Lipinski definition) is 3. The first-order valence-corrected chi connectivity index (χ1v) is 10.3. The highest BCUT2D eigenvalue weighted by Crippen LogP contribution is 2.48. The molecule has 148 valence electrons. The minimum absolute atomic E-state index is 0.0158. The lowest BCUT2D eigenvalue weighted by Gasteiger charge is -2.27. The van der Waals surface area contributed by atoms with Gasteiger partial charge in [-0.3, -0.25) is 0 Å². The average molecular weight is 387 g/mol. The van der Waals surface area contributed by atoms with Crippen LogP contribution in [0.4, 0.5) is 0 Å². The van der Waals surface area contributed by atoms with Crippen LogP contribution >= 0.6 is 11.8 Å². The molecule has 2 N–H and O–H groups in total. The molecule has 3 heteroatoms. The molecule has 0 saturated carbocycles. The van der Waals surface area contributed by atoms with Gasteiger partial charge in [0.1, 0.15) is 11.5 Å². The third-order valence-electron chi connectivity index (χ3n) is 5.21. The Bertz CT molecular complexity index is 808. The predicted molar refractivity (Wildman–Crippen MR) is 117 cm³/mol. The molecule has 27 heavy (non-hydrogen) atoms. The Hall–Kier alpha value is -1.61. The van der Waals surface area contributed by atoms with Gasteiger partial charge in [0.05, 0.1) is 9.79 Å². The zero-order chi connectivity index (χ0) is 20.9. The molecule has 0 aliphatic rings. The Morgan fingerprint density at radius 1 is 0.630 bits per heavy atom. The zero-order valence-electron chi connectivity index (χ0n) is 18.5. The highest BCUT2D eigenvalue weighted by Gasteiger charge is 2.26. The predicted octanol–water partition coefficient (Wildman–Crippen LogP) is 7.08. The molecule has 0 bridgehead atoms. The van der Waals surface area contributed by atoms with E-state index < -0.39 is 0 Å². The van der Waals surface area contributed by atoms with E-state index in [0.717, 1.165) is 32.0 Å². The summed E-state index contributed by atoms with van der Waals surface area (Å²) in [5.74, 6) is 0.617. The van der Waals surface area contributed by atoms with Crippen molar-refractivity contribution < 1.29 is 10.2 Å². The summed E-state index contributed by atoms with van der Waals surface area (Å²) in [7, 11) is 0. The minimum atomic E-state index is -0.0158. The van der Waals surface area contributed by atoms with Crippen molar-refractivity contribution in [1.82, 2.24) is 0 Å². The Balaban J connectivity index is 2.75. The largest absolute Gasteiger partial charge is 0.506 e. The summed E-state index contributed by atoms with van der Waals surface area (Å²) in [5.41, 5.74) is 6.31. The lowest BCUT2D eigenvalue weighted by Crippen LogP contribution is -2.15. The number of aromatic hydroxyl groups is 2. The van der Waals surface area contributed by atoms with Crippen LogP contribution in [0.1, 0.15) is 74.9 Å². The molecule has 0 unspecified atom stereocenters. The van der Waals surface area contributed by atoms with Gasteiger partial charge in [0.2, 0.25) is 0 Å². The first-order valence-electron chi connectivity index (χ1n) is 9.51. The number of aryl methyl sites for hydroxylation is 2. The van der Waals surface area contributed by atoms with Gasteiger partial charge in [0.25, 0.3) is 0 Å². The van der Waals surface area contributed by atoms with Crippen LogP contribution < -0.4 is 0 Å². The van der Waals surface area contributed by atoms with Crippen molar-refractivity contribution in [2.24, 2.45) is 0 Å². The van der Waals surface area contributed by atoms with E-state index in [1.54, 1.807) is 0 Å². The van der Waals surface area contributed by atoms with Gasteiger partial charge in [-0.1, -0.05) is 65.4 Å². The highest BCUT2D eigenvalue weighted by atomic mass is 32.2. The smallest absolute Gasteiger partial charge is 0.132 e. The van der Waals surface area contributed by atoms with Crippen LogP contribution in [0.25, 0.3) is 0 Å². The Kier molecular flexibility index (Phi) is 5.69. The van der Waals surface area contributed by atoms with E-state index in [-0.39, 0.29) is 10.8 Å². The van der Waals surface area contributed by atoms with Crippen molar-refractivity contribution in [2.45, 2.75) is 89.9 Å². The second kappa shape index (κ2) is 7.09. The van der Waals surface area contributed by atoms with E-state index in [9.17, 15) is 10.2 Å². The van der Waals surface area contributed by atoms with Gasteiger partial charge in [-0.05, 0) is 71.9 Å². The number of hydrogen-bond donors (Lipinski definition) is 2. The molecule has 0 atom stereocenters. The summed E-state index contributed by atoms with van der Waals surface area (Å²) in [4.78, 5) is 1.67. The fraction of sp³-hybridized carbons (Fsp3) is 0.500. The molecule has 2 aromatic rings. The number of phenolic OH excluding ortho intramolecular Hbond substituents is 2. The maximum atomic E-state index is 10.8. The third kappa shape index (κ3) is 4.13. The van der Waals surface area contributed by atoms with Crippen LogP contribution in [0.2, 0.25) is 0 Å². The van der Waals surface area contributed by atoms with Crippen molar-refractivity contribution in [3.63, 3.8) is 0 Å². The average Bonchev–Trinajstić information content (AvgIpc) is 2.51. The molecular formula is C24H34O2S. The van der Waals surface area contributed by atoms with E-state index in [2.05, 4.69) is 67.5 Å². The van der Waals surface area contributed by atoms with Crippen molar-refractivity contribution in [3.8, 4) is 11.5 Å². The molecule has 0 aromatic heterocycles. The summed E-state index contributed by atoms with van der Waals surface area (Å²) < 4.78 is 0. The maximum Gasteiger partial charge on any atom is 0.132 e. The van der Waals surface area contributed by atoms with Crippen LogP contribution in [-0.2, 0) is 10.8 Å². The molecule has 0 saturated heterocycles. The normalized spacial score (nSPS) is 12.5. The van der Waals surface area contributed by atoms with Crippen LogP contribution in [0.3, 0.4) is 0 Å². The van der Waals surface area contributed by atoms with E-state index in [4.69, 9.17) is 0 Å². The monoisotopic (exact) mass is 386 g/mol. The molecule has 0 heterocycles. The summed E-state index contributed by atoms with van der Waals surface area (Å²) >= 11 is 1.48. The summed E-state index contributed by atoms with van der Waals surface area (Å²) in [5, 5.41) is 21.6. The number of rotatable bonds is 2. The fourth-order valence-corrected chi connectivity index (χ4v) is 4.90. The summed E-state index contributed by atoms with van der Waals surface area (Å²) in [6.07, 6.45) is 0. The van der Waals surface area contributed by atoms with E-state index in [0.29, 0.717) is 11.5 Å². The van der Waals surface area contributed by atoms with Crippen LogP contribution in [0.15, 0.2) is 21.9 Å². The Labute approximate surface area is 169 Å². The van der Waals surface area contributed by atoms with Crippen molar-refractivity contribution in [2.75, 3.05) is 0 Å². The summed E-state index contributed by atoms with van der Waals surface area (Å²) in [6, 6.07) is 4.16. The van der Waals surface area contributed by atoms with Crippen LogP contribution in [0, 0.1) is 27.7 Å². The van der Waals surface area contributed by atoms with Crippen LogP contribution in [-0.4, -0.2) is 10.2 Å². The van der Waals surface area contributed by atoms with Crippen molar-refractivity contribution in [1.29, 1.82) is 0 Å².